The number of ketones is 1. The molecule has 0 aromatic heterocycles. The van der Waals surface area contributed by atoms with Crippen molar-refractivity contribution in [1.29, 1.82) is 0 Å². The molecule has 118 valence electrons. The van der Waals surface area contributed by atoms with E-state index in [1.165, 1.54) is 24.0 Å². The van der Waals surface area contributed by atoms with Gasteiger partial charge in [-0.25, -0.2) is 9.18 Å². The van der Waals surface area contributed by atoms with Gasteiger partial charge >= 0.3 is 6.09 Å². The Labute approximate surface area is 134 Å². The first-order chi connectivity index (χ1) is 10.4. The molecule has 0 spiro atoms. The van der Waals surface area contributed by atoms with Crippen LogP contribution in [0.4, 0.5) is 14.9 Å². The minimum absolute atomic E-state index is 0.0216. The Morgan fingerprint density at radius 2 is 2.23 bits per heavy atom. The summed E-state index contributed by atoms with van der Waals surface area (Å²) in [5, 5.41) is 2.58. The van der Waals surface area contributed by atoms with Crippen molar-refractivity contribution in [2.45, 2.75) is 13.0 Å². The molecule has 0 aliphatic carbocycles. The summed E-state index contributed by atoms with van der Waals surface area (Å²) in [6.07, 6.45) is -1.11. The zero-order valence-corrected chi connectivity index (χ0v) is 13.4. The molecule has 2 amide bonds. The molecule has 0 bridgehead atoms. The zero-order valence-electron chi connectivity index (χ0n) is 11.8. The number of carbonyl (C=O) groups is 3. The minimum Gasteiger partial charge on any atom is -0.442 e. The Morgan fingerprint density at radius 3 is 2.82 bits per heavy atom. The number of alkyl halides is 1. The van der Waals surface area contributed by atoms with Crippen LogP contribution in [0.5, 0.6) is 0 Å². The summed E-state index contributed by atoms with van der Waals surface area (Å²) >= 11 is 2.98. The van der Waals surface area contributed by atoms with Gasteiger partial charge < -0.3 is 10.1 Å². The van der Waals surface area contributed by atoms with Crippen LogP contribution in [0, 0.1) is 5.82 Å². The maximum absolute atomic E-state index is 13.9. The number of carbonyl (C=O) groups excluding carboxylic acids is 3. The molecule has 1 heterocycles. The predicted octanol–water partition coefficient (Wildman–Crippen LogP) is 1.86. The topological polar surface area (TPSA) is 75.7 Å². The van der Waals surface area contributed by atoms with Crippen LogP contribution < -0.4 is 10.2 Å². The van der Waals surface area contributed by atoms with E-state index in [2.05, 4.69) is 21.2 Å². The number of rotatable bonds is 5. The van der Waals surface area contributed by atoms with Crippen molar-refractivity contribution in [2.75, 3.05) is 23.3 Å². The molecule has 6 nitrogen and oxygen atoms in total. The van der Waals surface area contributed by atoms with Gasteiger partial charge in [0.25, 0.3) is 0 Å². The van der Waals surface area contributed by atoms with Crippen LogP contribution in [0.15, 0.2) is 18.2 Å². The third-order valence-electron chi connectivity index (χ3n) is 3.14. The highest BCUT2D eigenvalue weighted by atomic mass is 79.9. The van der Waals surface area contributed by atoms with E-state index < -0.39 is 18.0 Å². The number of nitrogens with one attached hydrogen (secondary N) is 1. The molecule has 1 unspecified atom stereocenters. The van der Waals surface area contributed by atoms with Crippen LogP contribution in [-0.2, 0) is 9.53 Å². The van der Waals surface area contributed by atoms with Gasteiger partial charge in [0.2, 0.25) is 5.91 Å². The highest BCUT2D eigenvalue weighted by Gasteiger charge is 2.32. The molecular formula is C14H14BrFN2O4. The second-order valence-electron chi connectivity index (χ2n) is 4.77. The summed E-state index contributed by atoms with van der Waals surface area (Å²) in [7, 11) is 0. The average molecular weight is 373 g/mol. The van der Waals surface area contributed by atoms with Crippen LogP contribution in [0.1, 0.15) is 17.3 Å². The van der Waals surface area contributed by atoms with E-state index in [-0.39, 0.29) is 35.7 Å². The molecule has 1 aliphatic rings. The number of ether oxygens (including phenoxy) is 1. The van der Waals surface area contributed by atoms with Crippen LogP contribution in [0.2, 0.25) is 0 Å². The molecule has 1 fully saturated rings. The fourth-order valence-electron chi connectivity index (χ4n) is 2.07. The maximum Gasteiger partial charge on any atom is 0.414 e. The standard InChI is InChI=1S/C14H14BrFN2O4/c1-8(19)17-6-10-7-18(14(21)22-10)9-2-3-11(12(16)4-9)13(20)5-15/h2-4,10H,5-7H2,1H3,(H,17,19). The molecule has 1 saturated heterocycles. The van der Waals surface area contributed by atoms with E-state index in [0.717, 1.165) is 6.07 Å². The number of Topliss-reactive ketones (excluding diaryl/α,β-unsaturated/α-hetero) is 1. The number of nitrogens with zero attached hydrogens (tertiary/aromatic N) is 1. The van der Waals surface area contributed by atoms with E-state index in [1.807, 2.05) is 0 Å². The van der Waals surface area contributed by atoms with Crippen molar-refractivity contribution in [3.05, 3.63) is 29.6 Å². The van der Waals surface area contributed by atoms with Crippen molar-refractivity contribution in [3.8, 4) is 0 Å². The Bertz CT molecular complexity index is 623. The Kier molecular flexibility index (Phi) is 5.12. The molecule has 2 rings (SSSR count). The predicted molar refractivity (Wildman–Crippen MR) is 80.8 cm³/mol. The van der Waals surface area contributed by atoms with Gasteiger partial charge in [0, 0.05) is 6.92 Å². The van der Waals surface area contributed by atoms with Crippen molar-refractivity contribution in [3.63, 3.8) is 0 Å². The van der Waals surface area contributed by atoms with Gasteiger partial charge in [0.15, 0.2) is 5.78 Å². The smallest absolute Gasteiger partial charge is 0.414 e. The monoisotopic (exact) mass is 372 g/mol. The first kappa shape index (κ1) is 16.4. The minimum atomic E-state index is -0.694. The van der Waals surface area contributed by atoms with Gasteiger partial charge in [0.1, 0.15) is 11.9 Å². The fraction of sp³-hybridized carbons (Fsp3) is 0.357. The average Bonchev–Trinajstić information content (AvgIpc) is 2.85. The first-order valence-corrected chi connectivity index (χ1v) is 7.65. The Balaban J connectivity index is 2.12. The first-order valence-electron chi connectivity index (χ1n) is 6.53. The molecule has 1 aromatic carbocycles. The summed E-state index contributed by atoms with van der Waals surface area (Å²) in [6, 6.07) is 3.95. The lowest BCUT2D eigenvalue weighted by Gasteiger charge is -2.14. The third-order valence-corrected chi connectivity index (χ3v) is 3.65. The number of anilines is 1. The number of hydrogen-bond acceptors (Lipinski definition) is 4. The summed E-state index contributed by atoms with van der Waals surface area (Å²) in [4.78, 5) is 35.4. The number of cyclic esters (lactones) is 1. The van der Waals surface area contributed by atoms with E-state index in [9.17, 15) is 18.8 Å². The molecule has 0 saturated carbocycles. The quantitative estimate of drug-likeness (QED) is 0.632. The van der Waals surface area contributed by atoms with Crippen molar-refractivity contribution in [1.82, 2.24) is 5.32 Å². The van der Waals surface area contributed by atoms with Crippen LogP contribution in [-0.4, -0.2) is 42.3 Å². The highest BCUT2D eigenvalue weighted by Crippen LogP contribution is 2.24. The molecule has 1 atom stereocenters. The van der Waals surface area contributed by atoms with Gasteiger partial charge in [-0.2, -0.15) is 0 Å². The fourth-order valence-corrected chi connectivity index (χ4v) is 2.37. The number of benzene rings is 1. The third kappa shape index (κ3) is 3.62. The molecule has 1 aromatic rings. The van der Waals surface area contributed by atoms with Crippen LogP contribution in [0.3, 0.4) is 0 Å². The summed E-state index contributed by atoms with van der Waals surface area (Å²) in [5.74, 6) is -1.30. The molecule has 22 heavy (non-hydrogen) atoms. The molecule has 0 radical (unpaired) electrons. The van der Waals surface area contributed by atoms with Crippen LogP contribution in [0.25, 0.3) is 0 Å². The molecule has 8 heteroatoms. The summed E-state index contributed by atoms with van der Waals surface area (Å²) < 4.78 is 19.0. The van der Waals surface area contributed by atoms with Gasteiger partial charge in [-0.3, -0.25) is 14.5 Å². The highest BCUT2D eigenvalue weighted by molar-refractivity contribution is 9.09. The number of halogens is 2. The van der Waals surface area contributed by atoms with E-state index in [0.29, 0.717) is 5.69 Å². The second kappa shape index (κ2) is 6.87. The normalized spacial score (nSPS) is 17.3. The van der Waals surface area contributed by atoms with Gasteiger partial charge in [-0.1, -0.05) is 15.9 Å². The second-order valence-corrected chi connectivity index (χ2v) is 5.34. The largest absolute Gasteiger partial charge is 0.442 e. The molecule has 1 N–H and O–H groups in total. The Morgan fingerprint density at radius 1 is 1.50 bits per heavy atom. The van der Waals surface area contributed by atoms with Gasteiger partial charge in [-0.05, 0) is 18.2 Å². The lowest BCUT2D eigenvalue weighted by Crippen LogP contribution is -2.33. The van der Waals surface area contributed by atoms with Gasteiger partial charge in [-0.15, -0.1) is 0 Å². The Hall–Kier alpha value is -1.96. The zero-order chi connectivity index (χ0) is 16.3. The van der Waals surface area contributed by atoms with Crippen molar-refractivity contribution >= 4 is 39.4 Å². The van der Waals surface area contributed by atoms with Gasteiger partial charge in [0.05, 0.1) is 29.7 Å². The van der Waals surface area contributed by atoms with Crippen LogP contribution >= 0.6 is 15.9 Å². The molecule has 1 aliphatic heterocycles. The SMILES string of the molecule is CC(=O)NCC1CN(c2ccc(C(=O)CBr)c(F)c2)C(=O)O1. The lowest BCUT2D eigenvalue weighted by molar-refractivity contribution is -0.119. The molecular weight excluding hydrogens is 359 g/mol. The van der Waals surface area contributed by atoms with E-state index in [4.69, 9.17) is 4.74 Å². The number of hydrogen-bond donors (Lipinski definition) is 1. The van der Waals surface area contributed by atoms with E-state index >= 15 is 0 Å². The lowest BCUT2D eigenvalue weighted by atomic mass is 10.1. The van der Waals surface area contributed by atoms with E-state index in [1.54, 1.807) is 0 Å². The summed E-state index contributed by atoms with van der Waals surface area (Å²) in [5.41, 5.74) is 0.266. The maximum atomic E-state index is 13.9. The number of amides is 2. The van der Waals surface area contributed by atoms with Crippen molar-refractivity contribution < 1.29 is 23.5 Å². The van der Waals surface area contributed by atoms with Crippen molar-refractivity contribution in [2.24, 2.45) is 0 Å². The summed E-state index contributed by atoms with van der Waals surface area (Å²) in [6.45, 7) is 1.76.